The standard InChI is InChI=1S/C17H19N7O2/c1-23-8-14(7-19-23)15-2-4-18-17(21-15)22-16(25)10-24-9-13(6-20-24)12-3-5-26-11-12/h2,4,6-9,12H,3,5,10-11H2,1H3,(H,18,21,22,25). The van der Waals surface area contributed by atoms with Gasteiger partial charge >= 0.3 is 0 Å². The van der Waals surface area contributed by atoms with Gasteiger partial charge in [0, 0.05) is 43.7 Å². The van der Waals surface area contributed by atoms with Crippen LogP contribution in [0.4, 0.5) is 5.95 Å². The van der Waals surface area contributed by atoms with Crippen molar-refractivity contribution >= 4 is 11.9 Å². The molecule has 0 bridgehead atoms. The van der Waals surface area contributed by atoms with E-state index < -0.39 is 0 Å². The zero-order chi connectivity index (χ0) is 17.9. The summed E-state index contributed by atoms with van der Waals surface area (Å²) >= 11 is 0. The molecular weight excluding hydrogens is 334 g/mol. The highest BCUT2D eigenvalue weighted by Gasteiger charge is 2.19. The predicted molar refractivity (Wildman–Crippen MR) is 93.3 cm³/mol. The minimum atomic E-state index is -0.231. The third-order valence-electron chi connectivity index (χ3n) is 4.27. The van der Waals surface area contributed by atoms with Gasteiger partial charge in [0.1, 0.15) is 6.54 Å². The van der Waals surface area contributed by atoms with Crippen molar-refractivity contribution in [3.8, 4) is 11.3 Å². The molecule has 1 aliphatic heterocycles. The predicted octanol–water partition coefficient (Wildman–Crippen LogP) is 1.22. The van der Waals surface area contributed by atoms with Gasteiger partial charge in [0.2, 0.25) is 11.9 Å². The molecule has 4 rings (SSSR count). The summed E-state index contributed by atoms with van der Waals surface area (Å²) in [7, 11) is 1.84. The van der Waals surface area contributed by atoms with Crippen molar-refractivity contribution in [3.05, 3.63) is 42.6 Å². The molecule has 3 aromatic rings. The minimum absolute atomic E-state index is 0.105. The number of ether oxygens (including phenoxy) is 1. The number of anilines is 1. The summed E-state index contributed by atoms with van der Waals surface area (Å²) in [6.07, 6.45) is 9.86. The van der Waals surface area contributed by atoms with Gasteiger partial charge in [0.05, 0.1) is 24.7 Å². The van der Waals surface area contributed by atoms with E-state index in [0.717, 1.165) is 24.2 Å². The normalized spacial score (nSPS) is 16.7. The number of amides is 1. The number of aryl methyl sites for hydroxylation is 1. The Hall–Kier alpha value is -3.07. The lowest BCUT2D eigenvalue weighted by atomic mass is 10.0. The summed E-state index contributed by atoms with van der Waals surface area (Å²) in [4.78, 5) is 20.7. The molecule has 1 saturated heterocycles. The molecule has 4 heterocycles. The molecule has 1 fully saturated rings. The monoisotopic (exact) mass is 353 g/mol. The first-order valence-corrected chi connectivity index (χ1v) is 8.39. The third kappa shape index (κ3) is 3.62. The number of carbonyl (C=O) groups excluding carboxylic acids is 1. The molecule has 9 nitrogen and oxygen atoms in total. The van der Waals surface area contributed by atoms with Crippen LogP contribution < -0.4 is 5.32 Å². The van der Waals surface area contributed by atoms with Crippen molar-refractivity contribution in [2.45, 2.75) is 18.9 Å². The lowest BCUT2D eigenvalue weighted by Crippen LogP contribution is -2.20. The maximum absolute atomic E-state index is 12.3. The molecule has 0 aliphatic carbocycles. The van der Waals surface area contributed by atoms with Crippen molar-refractivity contribution in [2.24, 2.45) is 7.05 Å². The van der Waals surface area contributed by atoms with E-state index in [9.17, 15) is 4.79 Å². The van der Waals surface area contributed by atoms with Crippen LogP contribution in [0.1, 0.15) is 17.9 Å². The Bertz CT molecular complexity index is 911. The van der Waals surface area contributed by atoms with Crippen molar-refractivity contribution < 1.29 is 9.53 Å². The van der Waals surface area contributed by atoms with E-state index >= 15 is 0 Å². The summed E-state index contributed by atoms with van der Waals surface area (Å²) in [5, 5.41) is 11.1. The van der Waals surface area contributed by atoms with Crippen LogP contribution in [-0.4, -0.2) is 48.6 Å². The molecular formula is C17H19N7O2. The zero-order valence-corrected chi connectivity index (χ0v) is 14.4. The van der Waals surface area contributed by atoms with Gasteiger partial charge < -0.3 is 4.74 Å². The van der Waals surface area contributed by atoms with Gasteiger partial charge in [-0.25, -0.2) is 9.97 Å². The molecule has 134 valence electrons. The number of rotatable bonds is 5. The summed E-state index contributed by atoms with van der Waals surface area (Å²) in [6, 6.07) is 1.77. The molecule has 1 atom stereocenters. The van der Waals surface area contributed by atoms with Gasteiger partial charge in [-0.2, -0.15) is 10.2 Å². The van der Waals surface area contributed by atoms with E-state index in [4.69, 9.17) is 4.74 Å². The van der Waals surface area contributed by atoms with E-state index in [2.05, 4.69) is 25.5 Å². The fraction of sp³-hybridized carbons (Fsp3) is 0.353. The van der Waals surface area contributed by atoms with Gasteiger partial charge in [0.25, 0.3) is 0 Å². The molecule has 1 N–H and O–H groups in total. The van der Waals surface area contributed by atoms with E-state index in [1.54, 1.807) is 34.0 Å². The van der Waals surface area contributed by atoms with Crippen molar-refractivity contribution in [2.75, 3.05) is 18.5 Å². The molecule has 1 unspecified atom stereocenters. The molecule has 3 aromatic heterocycles. The first-order chi connectivity index (χ1) is 12.7. The van der Waals surface area contributed by atoms with Gasteiger partial charge in [-0.1, -0.05) is 0 Å². The Morgan fingerprint density at radius 3 is 3.04 bits per heavy atom. The number of carbonyl (C=O) groups is 1. The quantitative estimate of drug-likeness (QED) is 0.740. The second-order valence-electron chi connectivity index (χ2n) is 6.25. The van der Waals surface area contributed by atoms with E-state index in [1.165, 1.54) is 0 Å². The Kier molecular flexibility index (Phi) is 4.44. The molecule has 0 aromatic carbocycles. The number of nitrogens with one attached hydrogen (secondary N) is 1. The highest BCUT2D eigenvalue weighted by atomic mass is 16.5. The van der Waals surface area contributed by atoms with Gasteiger partial charge in [-0.05, 0) is 18.1 Å². The average Bonchev–Trinajstić information content (AvgIpc) is 3.35. The van der Waals surface area contributed by atoms with Crippen molar-refractivity contribution in [1.82, 2.24) is 29.5 Å². The molecule has 0 radical (unpaired) electrons. The van der Waals surface area contributed by atoms with Gasteiger partial charge in [0.15, 0.2) is 0 Å². The first-order valence-electron chi connectivity index (χ1n) is 8.39. The number of nitrogens with zero attached hydrogens (tertiary/aromatic N) is 6. The zero-order valence-electron chi connectivity index (χ0n) is 14.4. The summed E-state index contributed by atoms with van der Waals surface area (Å²) < 4.78 is 8.71. The van der Waals surface area contributed by atoms with Gasteiger partial charge in [-0.15, -0.1) is 0 Å². The highest BCUT2D eigenvalue weighted by Crippen LogP contribution is 2.24. The number of hydrogen-bond donors (Lipinski definition) is 1. The molecule has 26 heavy (non-hydrogen) atoms. The maximum atomic E-state index is 12.3. The fourth-order valence-corrected chi connectivity index (χ4v) is 2.92. The van der Waals surface area contributed by atoms with E-state index in [-0.39, 0.29) is 18.4 Å². The highest BCUT2D eigenvalue weighted by molar-refractivity contribution is 5.88. The third-order valence-corrected chi connectivity index (χ3v) is 4.27. The largest absolute Gasteiger partial charge is 0.381 e. The summed E-state index contributed by atoms with van der Waals surface area (Å²) in [5.41, 5.74) is 2.66. The van der Waals surface area contributed by atoms with Crippen LogP contribution in [0.3, 0.4) is 0 Å². The van der Waals surface area contributed by atoms with Crippen molar-refractivity contribution in [1.29, 1.82) is 0 Å². The topological polar surface area (TPSA) is 99.8 Å². The van der Waals surface area contributed by atoms with Crippen LogP contribution in [0, 0.1) is 0 Å². The first kappa shape index (κ1) is 16.4. The lowest BCUT2D eigenvalue weighted by molar-refractivity contribution is -0.116. The number of hydrogen-bond acceptors (Lipinski definition) is 6. The summed E-state index contributed by atoms with van der Waals surface area (Å²) in [5.74, 6) is 0.393. The Balaban J connectivity index is 1.40. The van der Waals surface area contributed by atoms with Crippen LogP contribution in [0.25, 0.3) is 11.3 Å². The number of aromatic nitrogens is 6. The van der Waals surface area contributed by atoms with Crippen LogP contribution in [0.2, 0.25) is 0 Å². The Labute approximate surface area is 150 Å². The molecule has 1 aliphatic rings. The lowest BCUT2D eigenvalue weighted by Gasteiger charge is -2.05. The Morgan fingerprint density at radius 2 is 2.27 bits per heavy atom. The Morgan fingerprint density at radius 1 is 1.35 bits per heavy atom. The SMILES string of the molecule is Cn1cc(-c2ccnc(NC(=O)Cn3cc(C4CCOC4)cn3)n2)cn1. The molecule has 1 amide bonds. The second-order valence-corrected chi connectivity index (χ2v) is 6.25. The second kappa shape index (κ2) is 7.04. The van der Waals surface area contributed by atoms with Crippen LogP contribution in [0.5, 0.6) is 0 Å². The minimum Gasteiger partial charge on any atom is -0.381 e. The fourth-order valence-electron chi connectivity index (χ4n) is 2.92. The maximum Gasteiger partial charge on any atom is 0.248 e. The smallest absolute Gasteiger partial charge is 0.248 e. The summed E-state index contributed by atoms with van der Waals surface area (Å²) in [6.45, 7) is 1.60. The van der Waals surface area contributed by atoms with Crippen LogP contribution in [-0.2, 0) is 23.1 Å². The molecule has 0 spiro atoms. The van der Waals surface area contributed by atoms with Crippen LogP contribution in [0.15, 0.2) is 37.1 Å². The van der Waals surface area contributed by atoms with E-state index in [1.807, 2.05) is 19.4 Å². The van der Waals surface area contributed by atoms with E-state index in [0.29, 0.717) is 18.2 Å². The van der Waals surface area contributed by atoms with Crippen molar-refractivity contribution in [3.63, 3.8) is 0 Å². The van der Waals surface area contributed by atoms with Gasteiger partial charge in [-0.3, -0.25) is 19.5 Å². The average molecular weight is 353 g/mol. The van der Waals surface area contributed by atoms with Crippen LogP contribution >= 0.6 is 0 Å². The molecule has 0 saturated carbocycles. The molecule has 9 heteroatoms.